The molecule has 152 valence electrons. The highest BCUT2D eigenvalue weighted by Gasteiger charge is 2.30. The molecule has 2 aromatic heterocycles. The number of fused-ring (bicyclic) bond motifs is 3. The quantitative estimate of drug-likeness (QED) is 0.435. The molecule has 3 heterocycles. The summed E-state index contributed by atoms with van der Waals surface area (Å²) in [7, 11) is 0. The number of hydrogen-bond acceptors (Lipinski definition) is 3. The Morgan fingerprint density at radius 2 is 1.97 bits per heavy atom. The van der Waals surface area contributed by atoms with Gasteiger partial charge < -0.3 is 9.30 Å². The van der Waals surface area contributed by atoms with E-state index in [1.54, 1.807) is 42.6 Å². The Kier molecular flexibility index (Phi) is 4.46. The second kappa shape index (κ2) is 7.16. The Morgan fingerprint density at radius 1 is 1.13 bits per heavy atom. The number of aryl methyl sites for hydroxylation is 2. The van der Waals surface area contributed by atoms with Crippen LogP contribution in [-0.2, 0) is 6.42 Å². The molecule has 0 spiro atoms. The van der Waals surface area contributed by atoms with Crippen LogP contribution in [-0.4, -0.2) is 21.1 Å². The molecule has 1 atom stereocenters. The second-order valence-electron chi connectivity index (χ2n) is 7.38. The van der Waals surface area contributed by atoms with E-state index in [1.807, 2.05) is 17.6 Å². The lowest BCUT2D eigenvalue weighted by Crippen LogP contribution is -2.10. The summed E-state index contributed by atoms with van der Waals surface area (Å²) in [5.41, 5.74) is 3.97. The van der Waals surface area contributed by atoms with Gasteiger partial charge in [0.05, 0.1) is 17.1 Å². The van der Waals surface area contributed by atoms with Gasteiger partial charge in [0.15, 0.2) is 0 Å². The van der Waals surface area contributed by atoms with Crippen molar-refractivity contribution >= 4 is 11.0 Å². The predicted octanol–water partition coefficient (Wildman–Crippen LogP) is 5.68. The Balaban J connectivity index is 1.67. The topological polar surface area (TPSA) is 39.9 Å². The van der Waals surface area contributed by atoms with Crippen molar-refractivity contribution in [1.29, 1.82) is 0 Å². The van der Waals surface area contributed by atoms with Crippen LogP contribution in [0.2, 0.25) is 0 Å². The van der Waals surface area contributed by atoms with Crippen molar-refractivity contribution in [2.45, 2.75) is 32.4 Å². The van der Waals surface area contributed by atoms with Gasteiger partial charge in [-0.1, -0.05) is 18.2 Å². The molecule has 7 heteroatoms. The molecule has 0 radical (unpaired) electrons. The fourth-order valence-corrected chi connectivity index (χ4v) is 4.27. The SMILES string of the molecule is Cc1cc(-c2cc3c(cc2F)nc2n3[C@@H](c3ccccc3OC(F)F)CC2)ccn1. The number of aromatic nitrogens is 3. The average molecular weight is 409 g/mol. The molecule has 0 aliphatic carbocycles. The first kappa shape index (κ1) is 18.7. The van der Waals surface area contributed by atoms with Gasteiger partial charge in [0.25, 0.3) is 0 Å². The highest BCUT2D eigenvalue weighted by molar-refractivity contribution is 5.83. The number of para-hydroxylation sites is 1. The van der Waals surface area contributed by atoms with E-state index in [2.05, 4.69) is 9.97 Å². The van der Waals surface area contributed by atoms with Crippen LogP contribution in [0, 0.1) is 12.7 Å². The summed E-state index contributed by atoms with van der Waals surface area (Å²) in [6, 6.07) is 13.4. The maximum absolute atomic E-state index is 14.9. The standard InChI is InChI=1S/C23H18F3N3O/c1-13-10-14(8-9-27-13)16-11-20-18(12-17(16)24)28-22-7-6-19(29(20)22)15-4-2-3-5-21(15)30-23(25)26/h2-5,8-12,19,23H,6-7H2,1H3/t19-/m1/s1. The van der Waals surface area contributed by atoms with Crippen LogP contribution in [0.5, 0.6) is 5.75 Å². The molecule has 1 aliphatic heterocycles. The van der Waals surface area contributed by atoms with Gasteiger partial charge >= 0.3 is 6.61 Å². The molecule has 30 heavy (non-hydrogen) atoms. The molecule has 0 saturated carbocycles. The van der Waals surface area contributed by atoms with Crippen molar-refractivity contribution in [3.05, 3.63) is 77.6 Å². The lowest BCUT2D eigenvalue weighted by molar-refractivity contribution is -0.0506. The third-order valence-electron chi connectivity index (χ3n) is 5.51. The van der Waals surface area contributed by atoms with Gasteiger partial charge in [-0.05, 0) is 43.2 Å². The third kappa shape index (κ3) is 3.10. The Morgan fingerprint density at radius 3 is 2.77 bits per heavy atom. The van der Waals surface area contributed by atoms with Crippen LogP contribution in [0.3, 0.4) is 0 Å². The molecule has 1 aliphatic rings. The minimum Gasteiger partial charge on any atom is -0.434 e. The van der Waals surface area contributed by atoms with Gasteiger partial charge in [-0.2, -0.15) is 8.78 Å². The van der Waals surface area contributed by atoms with Crippen molar-refractivity contribution in [2.75, 3.05) is 0 Å². The molecule has 4 nitrogen and oxygen atoms in total. The number of halogens is 3. The molecule has 0 amide bonds. The van der Waals surface area contributed by atoms with E-state index >= 15 is 0 Å². The van der Waals surface area contributed by atoms with Crippen LogP contribution in [0.25, 0.3) is 22.2 Å². The smallest absolute Gasteiger partial charge is 0.387 e. The number of nitrogens with zero attached hydrogens (tertiary/aromatic N) is 3. The predicted molar refractivity (Wildman–Crippen MR) is 107 cm³/mol. The molecule has 0 N–H and O–H groups in total. The summed E-state index contributed by atoms with van der Waals surface area (Å²) in [5, 5.41) is 0. The normalized spacial score (nSPS) is 15.7. The van der Waals surface area contributed by atoms with E-state index in [1.165, 1.54) is 6.07 Å². The first-order chi connectivity index (χ1) is 14.5. The monoisotopic (exact) mass is 409 g/mol. The van der Waals surface area contributed by atoms with Crippen molar-refractivity contribution in [1.82, 2.24) is 14.5 Å². The third-order valence-corrected chi connectivity index (χ3v) is 5.51. The van der Waals surface area contributed by atoms with Crippen molar-refractivity contribution in [3.63, 3.8) is 0 Å². The summed E-state index contributed by atoms with van der Waals surface area (Å²) in [5.74, 6) is 0.603. The molecule has 5 rings (SSSR count). The number of pyridine rings is 1. The number of rotatable bonds is 4. The van der Waals surface area contributed by atoms with Crippen molar-refractivity contribution < 1.29 is 17.9 Å². The van der Waals surface area contributed by atoms with E-state index in [4.69, 9.17) is 4.74 Å². The van der Waals surface area contributed by atoms with Crippen LogP contribution in [0.15, 0.2) is 54.7 Å². The number of hydrogen-bond donors (Lipinski definition) is 0. The highest BCUT2D eigenvalue weighted by Crippen LogP contribution is 2.40. The largest absolute Gasteiger partial charge is 0.434 e. The van der Waals surface area contributed by atoms with E-state index in [0.29, 0.717) is 29.5 Å². The number of ether oxygens (including phenoxy) is 1. The Bertz CT molecular complexity index is 1250. The minimum absolute atomic E-state index is 0.152. The van der Waals surface area contributed by atoms with E-state index in [9.17, 15) is 13.2 Å². The lowest BCUT2D eigenvalue weighted by Gasteiger charge is -2.19. The van der Waals surface area contributed by atoms with Gasteiger partial charge in [-0.15, -0.1) is 0 Å². The zero-order valence-electron chi connectivity index (χ0n) is 16.1. The molecule has 0 fully saturated rings. The molecule has 0 saturated heterocycles. The van der Waals surface area contributed by atoms with Crippen LogP contribution < -0.4 is 4.74 Å². The maximum Gasteiger partial charge on any atom is 0.387 e. The van der Waals surface area contributed by atoms with Crippen molar-refractivity contribution in [3.8, 4) is 16.9 Å². The summed E-state index contributed by atoms with van der Waals surface area (Å²) in [6.45, 7) is -1.05. The Hall–Kier alpha value is -3.35. The summed E-state index contributed by atoms with van der Waals surface area (Å²) >= 11 is 0. The van der Waals surface area contributed by atoms with Crippen LogP contribution >= 0.6 is 0 Å². The fraction of sp³-hybridized carbons (Fsp3) is 0.217. The minimum atomic E-state index is -2.90. The number of alkyl halides is 2. The van der Waals surface area contributed by atoms with Crippen LogP contribution in [0.4, 0.5) is 13.2 Å². The van der Waals surface area contributed by atoms with Gasteiger partial charge in [-0.3, -0.25) is 4.98 Å². The zero-order chi connectivity index (χ0) is 20.8. The molecule has 2 aromatic carbocycles. The van der Waals surface area contributed by atoms with E-state index in [0.717, 1.165) is 22.6 Å². The highest BCUT2D eigenvalue weighted by atomic mass is 19.3. The molecule has 0 unspecified atom stereocenters. The summed E-state index contributed by atoms with van der Waals surface area (Å²) in [6.07, 6.45) is 3.03. The van der Waals surface area contributed by atoms with E-state index in [-0.39, 0.29) is 17.6 Å². The molecular formula is C23H18F3N3O. The van der Waals surface area contributed by atoms with Gasteiger partial charge in [0.2, 0.25) is 0 Å². The molecular weight excluding hydrogens is 391 g/mol. The van der Waals surface area contributed by atoms with Gasteiger partial charge in [0.1, 0.15) is 17.4 Å². The van der Waals surface area contributed by atoms with Gasteiger partial charge in [0, 0.05) is 35.5 Å². The lowest BCUT2D eigenvalue weighted by atomic mass is 10.0. The van der Waals surface area contributed by atoms with E-state index < -0.39 is 6.61 Å². The second-order valence-corrected chi connectivity index (χ2v) is 7.38. The number of imidazole rings is 1. The molecule has 0 bridgehead atoms. The zero-order valence-corrected chi connectivity index (χ0v) is 16.1. The average Bonchev–Trinajstić information content (AvgIpc) is 3.26. The molecule has 4 aromatic rings. The maximum atomic E-state index is 14.9. The van der Waals surface area contributed by atoms with Crippen LogP contribution in [0.1, 0.15) is 29.5 Å². The number of benzene rings is 2. The Labute approximate surface area is 171 Å². The van der Waals surface area contributed by atoms with Crippen molar-refractivity contribution in [2.24, 2.45) is 0 Å². The first-order valence-electron chi connectivity index (χ1n) is 9.68. The first-order valence-corrected chi connectivity index (χ1v) is 9.68. The summed E-state index contributed by atoms with van der Waals surface area (Å²) < 4.78 is 47.4. The fourth-order valence-electron chi connectivity index (χ4n) is 4.27. The summed E-state index contributed by atoms with van der Waals surface area (Å²) in [4.78, 5) is 8.77. The van der Waals surface area contributed by atoms with Gasteiger partial charge in [-0.25, -0.2) is 9.37 Å².